The van der Waals surface area contributed by atoms with Crippen molar-refractivity contribution in [3.63, 3.8) is 0 Å². The number of hydrogen-bond acceptors (Lipinski definition) is 4. The summed E-state index contributed by atoms with van der Waals surface area (Å²) in [7, 11) is 3.07. The summed E-state index contributed by atoms with van der Waals surface area (Å²) >= 11 is 0. The van der Waals surface area contributed by atoms with Crippen LogP contribution in [0.25, 0.3) is 0 Å². The van der Waals surface area contributed by atoms with Gasteiger partial charge in [-0.05, 0) is 42.5 Å². The summed E-state index contributed by atoms with van der Waals surface area (Å²) in [5, 5.41) is 0. The number of rotatable bonds is 7. The third-order valence-corrected chi connectivity index (χ3v) is 4.52. The Labute approximate surface area is 142 Å². The van der Waals surface area contributed by atoms with Gasteiger partial charge < -0.3 is 14.2 Å². The fraction of sp³-hybridized carbons (Fsp3) is 0.350. The molecule has 2 atom stereocenters. The van der Waals surface area contributed by atoms with Crippen molar-refractivity contribution in [3.8, 4) is 5.75 Å². The van der Waals surface area contributed by atoms with Gasteiger partial charge in [-0.25, -0.2) is 4.79 Å². The Morgan fingerprint density at radius 2 is 1.92 bits per heavy atom. The van der Waals surface area contributed by atoms with E-state index >= 15 is 0 Å². The van der Waals surface area contributed by atoms with E-state index in [2.05, 4.69) is 6.07 Å². The number of esters is 1. The van der Waals surface area contributed by atoms with E-state index in [-0.39, 0.29) is 5.97 Å². The van der Waals surface area contributed by atoms with Crippen molar-refractivity contribution in [3.05, 3.63) is 65.7 Å². The summed E-state index contributed by atoms with van der Waals surface area (Å²) in [5.74, 6) is 0.556. The molecule has 126 valence electrons. The number of epoxide rings is 1. The molecule has 4 heteroatoms. The minimum absolute atomic E-state index is 0.305. The van der Waals surface area contributed by atoms with Gasteiger partial charge in [0.15, 0.2) is 6.10 Å². The molecular formula is C20H22O4. The standard InChI is InChI=1S/C20H22O4/c1-22-17-12-6-8-15(14-17)9-7-13-20(16-10-4-3-5-11-16)18(24-20)19(21)23-2/h3-6,8,10-12,14,18H,7,9,13H2,1-2H3. The van der Waals surface area contributed by atoms with Gasteiger partial charge in [0.25, 0.3) is 0 Å². The molecule has 0 bridgehead atoms. The van der Waals surface area contributed by atoms with Crippen LogP contribution in [-0.4, -0.2) is 26.3 Å². The Morgan fingerprint density at radius 1 is 1.12 bits per heavy atom. The van der Waals surface area contributed by atoms with Gasteiger partial charge in [0.2, 0.25) is 0 Å². The van der Waals surface area contributed by atoms with Crippen LogP contribution < -0.4 is 4.74 Å². The first-order valence-electron chi connectivity index (χ1n) is 8.14. The summed E-state index contributed by atoms with van der Waals surface area (Å²) in [6.07, 6.45) is 2.09. The summed E-state index contributed by atoms with van der Waals surface area (Å²) in [6, 6.07) is 18.0. The SMILES string of the molecule is COC(=O)C1OC1(CCCc1cccc(OC)c1)c1ccccc1. The number of ether oxygens (including phenoxy) is 3. The average molecular weight is 326 g/mol. The Balaban J connectivity index is 1.69. The zero-order valence-corrected chi connectivity index (χ0v) is 14.0. The highest BCUT2D eigenvalue weighted by atomic mass is 16.7. The molecule has 0 spiro atoms. The van der Waals surface area contributed by atoms with Crippen LogP contribution in [0.1, 0.15) is 24.0 Å². The van der Waals surface area contributed by atoms with Gasteiger partial charge in [0.05, 0.1) is 14.2 Å². The highest BCUT2D eigenvalue weighted by Crippen LogP contribution is 2.50. The second-order valence-corrected chi connectivity index (χ2v) is 5.98. The van der Waals surface area contributed by atoms with Gasteiger partial charge in [-0.15, -0.1) is 0 Å². The third-order valence-electron chi connectivity index (χ3n) is 4.52. The van der Waals surface area contributed by atoms with Crippen LogP contribution in [0, 0.1) is 0 Å². The maximum Gasteiger partial charge on any atom is 0.338 e. The van der Waals surface area contributed by atoms with Crippen molar-refractivity contribution >= 4 is 5.97 Å². The van der Waals surface area contributed by atoms with E-state index in [1.807, 2.05) is 48.5 Å². The Hall–Kier alpha value is -2.33. The highest BCUT2D eigenvalue weighted by molar-refractivity contribution is 5.79. The van der Waals surface area contributed by atoms with Crippen LogP contribution in [0.4, 0.5) is 0 Å². The molecule has 0 aromatic heterocycles. The topological polar surface area (TPSA) is 48.1 Å². The van der Waals surface area contributed by atoms with Gasteiger partial charge in [-0.3, -0.25) is 0 Å². The van der Waals surface area contributed by atoms with Crippen molar-refractivity contribution in [2.24, 2.45) is 0 Å². The molecule has 0 aliphatic carbocycles. The van der Waals surface area contributed by atoms with Gasteiger partial charge in [0.1, 0.15) is 11.4 Å². The minimum Gasteiger partial charge on any atom is -0.497 e. The molecule has 0 N–H and O–H groups in total. The van der Waals surface area contributed by atoms with Crippen molar-refractivity contribution in [2.75, 3.05) is 14.2 Å². The van der Waals surface area contributed by atoms with Gasteiger partial charge >= 0.3 is 5.97 Å². The number of benzene rings is 2. The summed E-state index contributed by atoms with van der Waals surface area (Å²) in [4.78, 5) is 11.9. The number of methoxy groups -OCH3 is 2. The van der Waals surface area contributed by atoms with Crippen LogP contribution in [-0.2, 0) is 26.3 Å². The molecule has 1 aliphatic rings. The summed E-state index contributed by atoms with van der Waals surface area (Å²) < 4.78 is 16.0. The van der Waals surface area contributed by atoms with E-state index in [1.165, 1.54) is 12.7 Å². The Kier molecular flexibility index (Phi) is 4.86. The molecule has 4 nitrogen and oxygen atoms in total. The predicted octanol–water partition coefficient (Wildman–Crippen LogP) is 3.49. The van der Waals surface area contributed by atoms with E-state index in [9.17, 15) is 4.79 Å². The first-order valence-corrected chi connectivity index (χ1v) is 8.14. The normalized spacial score (nSPS) is 22.0. The largest absolute Gasteiger partial charge is 0.497 e. The van der Waals surface area contributed by atoms with Gasteiger partial charge in [0, 0.05) is 0 Å². The average Bonchev–Trinajstić information content (AvgIpc) is 3.38. The Morgan fingerprint density at radius 3 is 2.62 bits per heavy atom. The zero-order valence-electron chi connectivity index (χ0n) is 14.0. The molecule has 24 heavy (non-hydrogen) atoms. The molecule has 0 saturated carbocycles. The molecule has 1 fully saturated rings. The van der Waals surface area contributed by atoms with Crippen LogP contribution in [0.15, 0.2) is 54.6 Å². The lowest BCUT2D eigenvalue weighted by Gasteiger charge is -2.13. The monoisotopic (exact) mass is 326 g/mol. The lowest BCUT2D eigenvalue weighted by atomic mass is 9.89. The first kappa shape index (κ1) is 16.5. The highest BCUT2D eigenvalue weighted by Gasteiger charge is 2.61. The number of carbonyl (C=O) groups is 1. The molecular weight excluding hydrogens is 304 g/mol. The molecule has 0 radical (unpaired) electrons. The van der Waals surface area contributed by atoms with E-state index in [0.717, 1.165) is 30.6 Å². The summed E-state index contributed by atoms with van der Waals surface area (Å²) in [6.45, 7) is 0. The van der Waals surface area contributed by atoms with E-state index in [0.29, 0.717) is 0 Å². The molecule has 2 aromatic carbocycles. The van der Waals surface area contributed by atoms with Gasteiger partial charge in [-0.2, -0.15) is 0 Å². The lowest BCUT2D eigenvalue weighted by molar-refractivity contribution is -0.142. The maximum absolute atomic E-state index is 11.9. The van der Waals surface area contributed by atoms with Crippen molar-refractivity contribution in [2.45, 2.75) is 31.0 Å². The number of carbonyl (C=O) groups excluding carboxylic acids is 1. The van der Waals surface area contributed by atoms with Crippen LogP contribution in [0.2, 0.25) is 0 Å². The first-order chi connectivity index (χ1) is 11.7. The molecule has 1 aliphatic heterocycles. The fourth-order valence-corrected chi connectivity index (χ4v) is 3.18. The van der Waals surface area contributed by atoms with E-state index in [4.69, 9.17) is 14.2 Å². The van der Waals surface area contributed by atoms with Crippen molar-refractivity contribution in [1.82, 2.24) is 0 Å². The number of hydrogen-bond donors (Lipinski definition) is 0. The maximum atomic E-state index is 11.9. The lowest BCUT2D eigenvalue weighted by Crippen LogP contribution is -2.20. The molecule has 1 saturated heterocycles. The van der Waals surface area contributed by atoms with E-state index in [1.54, 1.807) is 7.11 Å². The second-order valence-electron chi connectivity index (χ2n) is 5.98. The van der Waals surface area contributed by atoms with Gasteiger partial charge in [-0.1, -0.05) is 42.5 Å². The van der Waals surface area contributed by atoms with Crippen LogP contribution in [0.3, 0.4) is 0 Å². The van der Waals surface area contributed by atoms with Crippen molar-refractivity contribution < 1.29 is 19.0 Å². The zero-order chi connectivity index (χ0) is 17.0. The number of aryl methyl sites for hydroxylation is 1. The molecule has 1 heterocycles. The fourth-order valence-electron chi connectivity index (χ4n) is 3.18. The molecule has 2 unspecified atom stereocenters. The van der Waals surface area contributed by atoms with E-state index < -0.39 is 11.7 Å². The minimum atomic E-state index is -0.548. The smallest absolute Gasteiger partial charge is 0.338 e. The van der Waals surface area contributed by atoms with Crippen LogP contribution in [0.5, 0.6) is 5.75 Å². The second kappa shape index (κ2) is 7.05. The van der Waals surface area contributed by atoms with Crippen molar-refractivity contribution in [1.29, 1.82) is 0 Å². The van der Waals surface area contributed by atoms with Crippen LogP contribution >= 0.6 is 0 Å². The molecule has 2 aromatic rings. The predicted molar refractivity (Wildman–Crippen MR) is 90.9 cm³/mol. The quantitative estimate of drug-likeness (QED) is 0.577. The summed E-state index contributed by atoms with van der Waals surface area (Å²) in [5.41, 5.74) is 1.70. The Bertz CT molecular complexity index is 698. The molecule has 3 rings (SSSR count). The molecule has 0 amide bonds. The third kappa shape index (κ3) is 3.29.